The summed E-state index contributed by atoms with van der Waals surface area (Å²) in [7, 11) is 1.38. The third-order valence-corrected chi connectivity index (χ3v) is 2.17. The van der Waals surface area contributed by atoms with Gasteiger partial charge in [-0.2, -0.15) is 9.78 Å². The summed E-state index contributed by atoms with van der Waals surface area (Å²) >= 11 is 0. The molecule has 0 atom stereocenters. The molecule has 2 aromatic heterocycles. The largest absolute Gasteiger partial charge is 0.493 e. The molecule has 1 N–H and O–H groups in total. The lowest BCUT2D eigenvalue weighted by atomic mass is 10.5. The summed E-state index contributed by atoms with van der Waals surface area (Å²) in [4.78, 5) is 21.1. The molecule has 0 aliphatic rings. The van der Waals surface area contributed by atoms with Gasteiger partial charge in [0.25, 0.3) is 0 Å². The second-order valence-corrected chi connectivity index (χ2v) is 3.35. The van der Waals surface area contributed by atoms with Gasteiger partial charge in [0, 0.05) is 7.05 Å². The molecule has 0 fully saturated rings. The Bertz CT molecular complexity index is 677. The minimum Gasteiger partial charge on any atom is -0.493 e. The average Bonchev–Trinajstić information content (AvgIpc) is 2.88. The molecule has 2 rings (SSSR count). The molecule has 0 saturated carbocycles. The first-order valence-corrected chi connectivity index (χ1v) is 4.75. The van der Waals surface area contributed by atoms with Crippen molar-refractivity contribution in [3.63, 3.8) is 0 Å². The molecular weight excluding hydrogens is 244 g/mol. The van der Waals surface area contributed by atoms with Crippen molar-refractivity contribution >= 4 is 12.1 Å². The summed E-state index contributed by atoms with van der Waals surface area (Å²) < 4.78 is 6.68. The third-order valence-electron chi connectivity index (χ3n) is 2.17. The smallest absolute Gasteiger partial charge is 0.433 e. The van der Waals surface area contributed by atoms with Crippen LogP contribution in [0.2, 0.25) is 0 Å². The summed E-state index contributed by atoms with van der Waals surface area (Å²) in [6.45, 7) is 0. The number of hydrogen-bond donors (Lipinski definition) is 1. The Hall–Kier alpha value is -2.84. The van der Waals surface area contributed by atoms with Crippen molar-refractivity contribution in [2.75, 3.05) is 0 Å². The maximum atomic E-state index is 11.4. The van der Waals surface area contributed by atoms with Gasteiger partial charge in [-0.1, -0.05) is 0 Å². The summed E-state index contributed by atoms with van der Waals surface area (Å²) in [6, 6.07) is 2.52. The molecule has 0 aromatic carbocycles. The molecule has 94 valence electrons. The molecule has 9 heteroatoms. The average molecular weight is 252 g/mol. The van der Waals surface area contributed by atoms with Gasteiger partial charge >= 0.3 is 11.6 Å². The Morgan fingerprint density at radius 2 is 2.28 bits per heavy atom. The third kappa shape index (κ3) is 2.00. The summed E-state index contributed by atoms with van der Waals surface area (Å²) in [5.41, 5.74) is -0.551. The van der Waals surface area contributed by atoms with E-state index in [1.165, 1.54) is 19.2 Å². The SMILES string of the molecule is Cn1c(O)cn(N=Cc2ccc([N+](=O)[O-])o2)c1=O. The summed E-state index contributed by atoms with van der Waals surface area (Å²) in [6.07, 6.45) is 2.24. The van der Waals surface area contributed by atoms with E-state index in [1.807, 2.05) is 0 Å². The van der Waals surface area contributed by atoms with Crippen LogP contribution in [0.5, 0.6) is 5.88 Å². The van der Waals surface area contributed by atoms with Gasteiger partial charge in [0.2, 0.25) is 5.88 Å². The molecule has 0 unspecified atom stereocenters. The van der Waals surface area contributed by atoms with Crippen molar-refractivity contribution in [3.05, 3.63) is 44.7 Å². The molecule has 0 aliphatic carbocycles. The molecule has 0 spiro atoms. The molecule has 9 nitrogen and oxygen atoms in total. The number of nitro groups is 1. The van der Waals surface area contributed by atoms with Crippen LogP contribution in [-0.2, 0) is 7.05 Å². The fourth-order valence-corrected chi connectivity index (χ4v) is 1.21. The summed E-state index contributed by atoms with van der Waals surface area (Å²) in [5, 5.41) is 23.3. The second-order valence-electron chi connectivity index (χ2n) is 3.35. The Kier molecular flexibility index (Phi) is 2.72. The van der Waals surface area contributed by atoms with E-state index in [9.17, 15) is 20.0 Å². The van der Waals surface area contributed by atoms with Gasteiger partial charge in [0.1, 0.15) is 4.92 Å². The van der Waals surface area contributed by atoms with Crippen LogP contribution in [0.25, 0.3) is 0 Å². The highest BCUT2D eigenvalue weighted by atomic mass is 16.6. The number of nitrogens with zero attached hydrogens (tertiary/aromatic N) is 4. The zero-order valence-corrected chi connectivity index (χ0v) is 9.18. The van der Waals surface area contributed by atoms with Crippen molar-refractivity contribution in [1.29, 1.82) is 0 Å². The Morgan fingerprint density at radius 3 is 2.78 bits per heavy atom. The fourth-order valence-electron chi connectivity index (χ4n) is 1.21. The van der Waals surface area contributed by atoms with Crippen LogP contribution < -0.4 is 5.69 Å². The Labute approximate surface area is 99.3 Å². The fraction of sp³-hybridized carbons (Fsp3) is 0.111. The molecule has 2 aromatic rings. The molecule has 0 saturated heterocycles. The van der Waals surface area contributed by atoms with Crippen molar-refractivity contribution < 1.29 is 14.4 Å². The molecule has 0 amide bonds. The molecule has 18 heavy (non-hydrogen) atoms. The van der Waals surface area contributed by atoms with E-state index in [0.29, 0.717) is 0 Å². The van der Waals surface area contributed by atoms with E-state index < -0.39 is 16.5 Å². The predicted molar refractivity (Wildman–Crippen MR) is 59.7 cm³/mol. The standard InChI is InChI=1S/C9H8N4O5/c1-11-7(14)5-12(9(11)15)10-4-6-2-3-8(18-6)13(16)17/h2-5,14H,1H3. The molecule has 0 radical (unpaired) electrons. The van der Waals surface area contributed by atoms with Gasteiger partial charge in [-0.05, 0) is 6.07 Å². The van der Waals surface area contributed by atoms with Crippen molar-refractivity contribution in [3.8, 4) is 5.88 Å². The number of aromatic hydroxyl groups is 1. The Balaban J connectivity index is 2.27. The van der Waals surface area contributed by atoms with Crippen molar-refractivity contribution in [2.45, 2.75) is 0 Å². The molecule has 0 bridgehead atoms. The normalized spacial score (nSPS) is 11.2. The van der Waals surface area contributed by atoms with Crippen LogP contribution in [-0.4, -0.2) is 25.5 Å². The first kappa shape index (κ1) is 11.6. The maximum absolute atomic E-state index is 11.4. The number of furan rings is 1. The van der Waals surface area contributed by atoms with Gasteiger partial charge in [-0.25, -0.2) is 4.79 Å². The minimum absolute atomic E-state index is 0.122. The van der Waals surface area contributed by atoms with Crippen molar-refractivity contribution in [1.82, 2.24) is 9.24 Å². The predicted octanol–water partition coefficient (Wildman–Crippen LogP) is 0.276. The highest BCUT2D eigenvalue weighted by Gasteiger charge is 2.10. The zero-order chi connectivity index (χ0) is 13.3. The van der Waals surface area contributed by atoms with Gasteiger partial charge < -0.3 is 9.52 Å². The first-order valence-electron chi connectivity index (χ1n) is 4.75. The number of imidazole rings is 1. The highest BCUT2D eigenvalue weighted by Crippen LogP contribution is 2.13. The first-order chi connectivity index (χ1) is 8.49. The van der Waals surface area contributed by atoms with E-state index in [2.05, 4.69) is 5.10 Å². The Morgan fingerprint density at radius 1 is 1.56 bits per heavy atom. The van der Waals surface area contributed by atoms with E-state index in [1.54, 1.807) is 0 Å². The van der Waals surface area contributed by atoms with E-state index in [4.69, 9.17) is 4.42 Å². The highest BCUT2D eigenvalue weighted by molar-refractivity contribution is 5.76. The van der Waals surface area contributed by atoms with Gasteiger partial charge in [-0.15, -0.1) is 0 Å². The zero-order valence-electron chi connectivity index (χ0n) is 9.18. The molecule has 2 heterocycles. The van der Waals surface area contributed by atoms with E-state index in [0.717, 1.165) is 21.7 Å². The number of hydrogen-bond acceptors (Lipinski definition) is 6. The van der Waals surface area contributed by atoms with Crippen LogP contribution in [0.15, 0.2) is 32.6 Å². The topological polar surface area (TPSA) is 116 Å². The van der Waals surface area contributed by atoms with Crippen LogP contribution in [0.3, 0.4) is 0 Å². The molecule has 0 aliphatic heterocycles. The van der Waals surface area contributed by atoms with Gasteiger partial charge in [-0.3, -0.25) is 14.7 Å². The summed E-state index contributed by atoms with van der Waals surface area (Å²) in [5.74, 6) is -0.542. The number of aromatic nitrogens is 2. The van der Waals surface area contributed by atoms with Crippen LogP contribution in [0.4, 0.5) is 5.88 Å². The van der Waals surface area contributed by atoms with E-state index in [-0.39, 0.29) is 11.6 Å². The van der Waals surface area contributed by atoms with Gasteiger partial charge in [0.05, 0.1) is 18.5 Å². The minimum atomic E-state index is -0.683. The maximum Gasteiger partial charge on any atom is 0.433 e. The lowest BCUT2D eigenvalue weighted by molar-refractivity contribution is -0.402. The quantitative estimate of drug-likeness (QED) is 0.478. The van der Waals surface area contributed by atoms with Crippen LogP contribution in [0, 0.1) is 10.1 Å². The number of rotatable bonds is 3. The lowest BCUT2D eigenvalue weighted by Gasteiger charge is -1.88. The van der Waals surface area contributed by atoms with Gasteiger partial charge in [0.15, 0.2) is 5.76 Å². The second kappa shape index (κ2) is 4.20. The van der Waals surface area contributed by atoms with Crippen LogP contribution >= 0.6 is 0 Å². The molecular formula is C9H8N4O5. The van der Waals surface area contributed by atoms with E-state index >= 15 is 0 Å². The van der Waals surface area contributed by atoms with Crippen LogP contribution in [0.1, 0.15) is 5.76 Å². The lowest BCUT2D eigenvalue weighted by Crippen LogP contribution is -2.19. The van der Waals surface area contributed by atoms with Crippen molar-refractivity contribution in [2.24, 2.45) is 12.1 Å². The monoisotopic (exact) mass is 252 g/mol.